The smallest absolute Gasteiger partial charge is 0.198 e. The van der Waals surface area contributed by atoms with Crippen molar-refractivity contribution in [2.75, 3.05) is 7.11 Å². The van der Waals surface area contributed by atoms with Crippen molar-refractivity contribution in [3.8, 4) is 28.4 Å². The van der Waals surface area contributed by atoms with E-state index in [1.54, 1.807) is 16.8 Å². The van der Waals surface area contributed by atoms with Gasteiger partial charge in [0.25, 0.3) is 0 Å². The number of hydrogen-bond donors (Lipinski definition) is 1. The molecule has 2 aromatic heterocycles. The summed E-state index contributed by atoms with van der Waals surface area (Å²) in [5, 5.41) is 15.8. The van der Waals surface area contributed by atoms with E-state index in [1.807, 2.05) is 60.7 Å². The second kappa shape index (κ2) is 8.00. The Labute approximate surface area is 184 Å². The molecule has 0 bridgehead atoms. The van der Waals surface area contributed by atoms with E-state index in [1.165, 1.54) is 25.4 Å². The highest BCUT2D eigenvalue weighted by Crippen LogP contribution is 2.31. The number of carbonyl (C=O) groups excluding carboxylic acids is 1. The Morgan fingerprint density at radius 2 is 1.66 bits per heavy atom. The summed E-state index contributed by atoms with van der Waals surface area (Å²) < 4.78 is 6.98. The maximum absolute atomic E-state index is 13.2. The fourth-order valence-electron chi connectivity index (χ4n) is 3.66. The Hall–Kier alpha value is -4.45. The van der Waals surface area contributed by atoms with Gasteiger partial charge in [0.05, 0.1) is 18.4 Å². The minimum absolute atomic E-state index is 0.112. The molecule has 0 spiro atoms. The monoisotopic (exact) mass is 421 g/mol. The molecule has 0 fully saturated rings. The molecule has 32 heavy (non-hydrogen) atoms. The molecule has 6 nitrogen and oxygen atoms in total. The predicted octanol–water partition coefficient (Wildman–Crippen LogP) is 5.03. The van der Waals surface area contributed by atoms with Crippen LogP contribution in [0.4, 0.5) is 0 Å². The molecule has 0 aliphatic carbocycles. The fourth-order valence-corrected chi connectivity index (χ4v) is 3.66. The highest BCUT2D eigenvalue weighted by molar-refractivity contribution is 6.12. The SMILES string of the molecule is COc1ccc(O)c(C(=O)c2cnc3c(c2)c(-c2ccccc2)nn3-c2ccccc2)c1. The van der Waals surface area contributed by atoms with Crippen molar-refractivity contribution in [3.63, 3.8) is 0 Å². The molecule has 0 amide bonds. The summed E-state index contributed by atoms with van der Waals surface area (Å²) >= 11 is 0. The molecule has 2 heterocycles. The molecule has 5 aromatic rings. The molecule has 0 radical (unpaired) electrons. The zero-order valence-corrected chi connectivity index (χ0v) is 17.3. The Morgan fingerprint density at radius 1 is 0.938 bits per heavy atom. The Balaban J connectivity index is 1.70. The van der Waals surface area contributed by atoms with Gasteiger partial charge in [0.2, 0.25) is 0 Å². The summed E-state index contributed by atoms with van der Waals surface area (Å²) in [6, 6.07) is 25.8. The first-order chi connectivity index (χ1) is 15.7. The average molecular weight is 421 g/mol. The summed E-state index contributed by atoms with van der Waals surface area (Å²) in [4.78, 5) is 17.8. The number of phenols is 1. The Kier molecular flexibility index (Phi) is 4.88. The van der Waals surface area contributed by atoms with E-state index >= 15 is 0 Å². The number of ketones is 1. The van der Waals surface area contributed by atoms with Gasteiger partial charge in [-0.3, -0.25) is 4.79 Å². The number of aromatic hydroxyl groups is 1. The molecule has 0 atom stereocenters. The second-order valence-corrected chi connectivity index (χ2v) is 7.27. The van der Waals surface area contributed by atoms with Crippen molar-refractivity contribution in [3.05, 3.63) is 102 Å². The van der Waals surface area contributed by atoms with E-state index in [0.29, 0.717) is 17.0 Å². The van der Waals surface area contributed by atoms with Crippen LogP contribution in [0, 0.1) is 0 Å². The number of pyridine rings is 1. The summed E-state index contributed by atoms with van der Waals surface area (Å²) in [6.07, 6.45) is 1.51. The van der Waals surface area contributed by atoms with Crippen molar-refractivity contribution in [2.24, 2.45) is 0 Å². The average Bonchev–Trinajstić information content (AvgIpc) is 3.24. The summed E-state index contributed by atoms with van der Waals surface area (Å²) in [5.41, 5.74) is 3.66. The number of ether oxygens (including phenoxy) is 1. The number of fused-ring (bicyclic) bond motifs is 1. The first kappa shape index (κ1) is 19.5. The third-order valence-corrected chi connectivity index (χ3v) is 5.28. The number of carbonyl (C=O) groups is 1. The van der Waals surface area contributed by atoms with E-state index in [9.17, 15) is 9.90 Å². The summed E-state index contributed by atoms with van der Waals surface area (Å²) in [6.45, 7) is 0. The first-order valence-corrected chi connectivity index (χ1v) is 10.1. The van der Waals surface area contributed by atoms with Gasteiger partial charge in [0.1, 0.15) is 17.2 Å². The van der Waals surface area contributed by atoms with Crippen molar-refractivity contribution >= 4 is 16.8 Å². The van der Waals surface area contributed by atoms with E-state index < -0.39 is 0 Å². The minimum atomic E-state index is -0.345. The van der Waals surface area contributed by atoms with E-state index in [2.05, 4.69) is 4.98 Å². The fraction of sp³-hybridized carbons (Fsp3) is 0.0385. The number of hydrogen-bond acceptors (Lipinski definition) is 5. The molecule has 0 aliphatic rings. The van der Waals surface area contributed by atoms with Gasteiger partial charge in [-0.25, -0.2) is 9.67 Å². The lowest BCUT2D eigenvalue weighted by molar-refractivity contribution is 0.103. The van der Waals surface area contributed by atoms with Crippen LogP contribution in [-0.2, 0) is 0 Å². The zero-order chi connectivity index (χ0) is 22.1. The van der Waals surface area contributed by atoms with Gasteiger partial charge in [-0.1, -0.05) is 48.5 Å². The molecule has 1 N–H and O–H groups in total. The van der Waals surface area contributed by atoms with Crippen LogP contribution in [0.25, 0.3) is 28.0 Å². The van der Waals surface area contributed by atoms with Crippen LogP contribution in [0.2, 0.25) is 0 Å². The molecule has 3 aromatic carbocycles. The van der Waals surface area contributed by atoms with Crippen LogP contribution in [0.5, 0.6) is 11.5 Å². The van der Waals surface area contributed by atoms with Crippen LogP contribution in [0.15, 0.2) is 91.1 Å². The highest BCUT2D eigenvalue weighted by atomic mass is 16.5. The molecule has 0 saturated heterocycles. The van der Waals surface area contributed by atoms with Crippen LogP contribution in [-0.4, -0.2) is 32.8 Å². The first-order valence-electron chi connectivity index (χ1n) is 10.1. The molecule has 0 saturated carbocycles. The lowest BCUT2D eigenvalue weighted by atomic mass is 10.0. The van der Waals surface area contributed by atoms with Crippen molar-refractivity contribution in [2.45, 2.75) is 0 Å². The summed E-state index contributed by atoms with van der Waals surface area (Å²) in [7, 11) is 1.51. The quantitative estimate of drug-likeness (QED) is 0.403. The van der Waals surface area contributed by atoms with Gasteiger partial charge in [0.15, 0.2) is 11.4 Å². The van der Waals surface area contributed by atoms with Crippen molar-refractivity contribution in [1.82, 2.24) is 14.8 Å². The Bertz CT molecular complexity index is 1430. The van der Waals surface area contributed by atoms with E-state index in [-0.39, 0.29) is 17.1 Å². The number of benzene rings is 3. The third-order valence-electron chi connectivity index (χ3n) is 5.28. The van der Waals surface area contributed by atoms with Gasteiger partial charge in [-0.2, -0.15) is 5.10 Å². The van der Waals surface area contributed by atoms with Crippen LogP contribution in [0.1, 0.15) is 15.9 Å². The van der Waals surface area contributed by atoms with Gasteiger partial charge < -0.3 is 9.84 Å². The molecule has 5 rings (SSSR count). The molecule has 0 unspecified atom stereocenters. The highest BCUT2D eigenvalue weighted by Gasteiger charge is 2.20. The predicted molar refractivity (Wildman–Crippen MR) is 122 cm³/mol. The normalized spacial score (nSPS) is 10.9. The maximum Gasteiger partial charge on any atom is 0.198 e. The van der Waals surface area contributed by atoms with Gasteiger partial charge in [-0.15, -0.1) is 0 Å². The standard InChI is InChI=1S/C26H19N3O3/c1-32-20-12-13-23(30)21(15-20)25(31)18-14-22-24(17-8-4-2-5-9-17)28-29(26(22)27-16-18)19-10-6-3-7-11-19/h2-16,30H,1H3. The van der Waals surface area contributed by atoms with E-state index in [0.717, 1.165) is 22.3 Å². The lowest BCUT2D eigenvalue weighted by Crippen LogP contribution is -2.04. The number of para-hydroxylation sites is 1. The Morgan fingerprint density at radius 3 is 2.38 bits per heavy atom. The van der Waals surface area contributed by atoms with E-state index in [4.69, 9.17) is 9.84 Å². The molecular formula is C26H19N3O3. The maximum atomic E-state index is 13.2. The second-order valence-electron chi connectivity index (χ2n) is 7.27. The topological polar surface area (TPSA) is 77.2 Å². The van der Waals surface area contributed by atoms with Crippen LogP contribution in [0.3, 0.4) is 0 Å². The van der Waals surface area contributed by atoms with Crippen molar-refractivity contribution < 1.29 is 14.6 Å². The third kappa shape index (κ3) is 3.37. The van der Waals surface area contributed by atoms with Gasteiger partial charge >= 0.3 is 0 Å². The molecular weight excluding hydrogens is 402 g/mol. The number of phenolic OH excluding ortho intramolecular Hbond substituents is 1. The minimum Gasteiger partial charge on any atom is -0.507 e. The molecule has 0 aliphatic heterocycles. The molecule has 6 heteroatoms. The number of aromatic nitrogens is 3. The van der Waals surface area contributed by atoms with Crippen molar-refractivity contribution in [1.29, 1.82) is 0 Å². The number of nitrogens with zero attached hydrogens (tertiary/aromatic N) is 3. The zero-order valence-electron chi connectivity index (χ0n) is 17.3. The lowest BCUT2D eigenvalue weighted by Gasteiger charge is -2.07. The largest absolute Gasteiger partial charge is 0.507 e. The van der Waals surface area contributed by atoms with Gasteiger partial charge in [-0.05, 0) is 36.4 Å². The summed E-state index contributed by atoms with van der Waals surface area (Å²) in [5.74, 6) is 0.0310. The van der Waals surface area contributed by atoms with Gasteiger partial charge in [0, 0.05) is 22.7 Å². The molecule has 156 valence electrons. The number of rotatable bonds is 5. The van der Waals surface area contributed by atoms with Crippen LogP contribution >= 0.6 is 0 Å². The number of methoxy groups -OCH3 is 1. The van der Waals surface area contributed by atoms with Crippen LogP contribution < -0.4 is 4.74 Å².